The van der Waals surface area contributed by atoms with Crippen LogP contribution in [0.15, 0.2) is 0 Å². The molecule has 0 rings (SSSR count). The van der Waals surface area contributed by atoms with Crippen LogP contribution in [0.3, 0.4) is 0 Å². The van der Waals surface area contributed by atoms with Gasteiger partial charge in [-0.2, -0.15) is 0 Å². The molecule has 0 aliphatic heterocycles. The highest BCUT2D eigenvalue weighted by atomic mass is 16.5. The summed E-state index contributed by atoms with van der Waals surface area (Å²) >= 11 is 0. The molecule has 6 heteroatoms. The van der Waals surface area contributed by atoms with Crippen LogP contribution in [0.5, 0.6) is 0 Å². The molecular formula is C26H50O6. The zero-order valence-electron chi connectivity index (χ0n) is 20.4. The molecule has 0 aromatic carbocycles. The van der Waals surface area contributed by atoms with E-state index in [0.717, 1.165) is 32.1 Å². The number of aliphatic hydroxyl groups is 2. The third-order valence-electron chi connectivity index (χ3n) is 6.26. The Labute approximate surface area is 195 Å². The second kappa shape index (κ2) is 21.7. The van der Waals surface area contributed by atoms with Gasteiger partial charge in [0.15, 0.2) is 0 Å². The van der Waals surface area contributed by atoms with Gasteiger partial charge in [0.2, 0.25) is 0 Å². The van der Waals surface area contributed by atoms with E-state index < -0.39 is 17.7 Å². The molecule has 0 bridgehead atoms. The van der Waals surface area contributed by atoms with E-state index >= 15 is 0 Å². The number of hydrogen-bond acceptors (Lipinski definition) is 4. The lowest BCUT2D eigenvalue weighted by Crippen LogP contribution is -2.37. The van der Waals surface area contributed by atoms with E-state index in [1.54, 1.807) is 0 Å². The average molecular weight is 459 g/mol. The van der Waals surface area contributed by atoms with Crippen LogP contribution in [0.1, 0.15) is 148 Å². The van der Waals surface area contributed by atoms with Crippen molar-refractivity contribution in [3.05, 3.63) is 0 Å². The van der Waals surface area contributed by atoms with Crippen molar-refractivity contribution in [3.8, 4) is 0 Å². The summed E-state index contributed by atoms with van der Waals surface area (Å²) < 4.78 is 0. The lowest BCUT2D eigenvalue weighted by molar-refractivity contribution is -0.205. The molecule has 0 heterocycles. The quantitative estimate of drug-likeness (QED) is 0.0882. The molecule has 0 aliphatic carbocycles. The highest BCUT2D eigenvalue weighted by molar-refractivity contribution is 5.74. The van der Waals surface area contributed by atoms with E-state index in [1.807, 2.05) is 0 Å². The standard InChI is InChI=1S/C26H50O6/c27-24(28)22-20-18-16-14-12-10-8-6-4-2-1-3-5-7-9-11-13-15-17-19-21-23-26(31,32)25(29)30/h31-32H,1-23H2,(H,27,28)(H,29,30). The van der Waals surface area contributed by atoms with Crippen molar-refractivity contribution in [3.63, 3.8) is 0 Å². The molecule has 32 heavy (non-hydrogen) atoms. The number of unbranched alkanes of at least 4 members (excludes halogenated alkanes) is 20. The minimum Gasteiger partial charge on any atom is -0.481 e. The molecule has 0 saturated carbocycles. The summed E-state index contributed by atoms with van der Waals surface area (Å²) in [4.78, 5) is 21.0. The summed E-state index contributed by atoms with van der Waals surface area (Å²) in [5.74, 6) is -4.80. The summed E-state index contributed by atoms with van der Waals surface area (Å²) in [5.41, 5.74) is 0. The highest BCUT2D eigenvalue weighted by Gasteiger charge is 2.31. The Balaban J connectivity index is 3.12. The molecule has 0 aromatic heterocycles. The molecular weight excluding hydrogens is 408 g/mol. The smallest absolute Gasteiger partial charge is 0.364 e. The Hall–Kier alpha value is -1.14. The minimum atomic E-state index is -2.56. The van der Waals surface area contributed by atoms with Crippen molar-refractivity contribution in [1.82, 2.24) is 0 Å². The van der Waals surface area contributed by atoms with E-state index in [9.17, 15) is 19.8 Å². The third kappa shape index (κ3) is 22.1. The van der Waals surface area contributed by atoms with Crippen LogP contribution >= 0.6 is 0 Å². The second-order valence-corrected chi connectivity index (χ2v) is 9.44. The van der Waals surface area contributed by atoms with E-state index in [2.05, 4.69) is 0 Å². The third-order valence-corrected chi connectivity index (χ3v) is 6.26. The van der Waals surface area contributed by atoms with E-state index in [4.69, 9.17) is 10.2 Å². The van der Waals surface area contributed by atoms with Gasteiger partial charge in [-0.05, 0) is 12.8 Å². The van der Waals surface area contributed by atoms with E-state index in [1.165, 1.54) is 96.3 Å². The van der Waals surface area contributed by atoms with Crippen LogP contribution in [0, 0.1) is 0 Å². The van der Waals surface area contributed by atoms with Crippen molar-refractivity contribution in [2.45, 2.75) is 153 Å². The molecule has 0 radical (unpaired) electrons. The van der Waals surface area contributed by atoms with Crippen LogP contribution in [-0.2, 0) is 9.59 Å². The second-order valence-electron chi connectivity index (χ2n) is 9.44. The molecule has 0 spiro atoms. The molecule has 4 N–H and O–H groups in total. The van der Waals surface area contributed by atoms with Crippen molar-refractivity contribution in [2.24, 2.45) is 0 Å². The summed E-state index contributed by atoms with van der Waals surface area (Å²) in [6.07, 6.45) is 25.3. The van der Waals surface area contributed by atoms with Crippen LogP contribution < -0.4 is 0 Å². The van der Waals surface area contributed by atoms with Gasteiger partial charge in [0.05, 0.1) is 0 Å². The van der Waals surface area contributed by atoms with Crippen LogP contribution in [-0.4, -0.2) is 38.2 Å². The van der Waals surface area contributed by atoms with Gasteiger partial charge in [-0.25, -0.2) is 4.79 Å². The minimum absolute atomic E-state index is 0.0973. The fraction of sp³-hybridized carbons (Fsp3) is 0.923. The number of hydrogen-bond donors (Lipinski definition) is 4. The maximum atomic E-state index is 10.6. The highest BCUT2D eigenvalue weighted by Crippen LogP contribution is 2.17. The number of carbonyl (C=O) groups is 2. The number of aliphatic carboxylic acids is 2. The van der Waals surface area contributed by atoms with Gasteiger partial charge in [-0.3, -0.25) is 4.79 Å². The predicted molar refractivity (Wildman–Crippen MR) is 129 cm³/mol. The molecule has 0 unspecified atom stereocenters. The van der Waals surface area contributed by atoms with Gasteiger partial charge < -0.3 is 20.4 Å². The maximum absolute atomic E-state index is 10.6. The SMILES string of the molecule is O=C(O)CCCCCCCCCCCCCCCCCCCCCCCC(O)(O)C(=O)O. The Morgan fingerprint density at radius 2 is 0.688 bits per heavy atom. The van der Waals surface area contributed by atoms with Crippen LogP contribution in [0.25, 0.3) is 0 Å². The molecule has 190 valence electrons. The molecule has 6 nitrogen and oxygen atoms in total. The maximum Gasteiger partial charge on any atom is 0.364 e. The van der Waals surface area contributed by atoms with Crippen molar-refractivity contribution < 1.29 is 30.0 Å². The first kappa shape index (κ1) is 30.9. The fourth-order valence-corrected chi connectivity index (χ4v) is 4.11. The normalized spacial score (nSPS) is 11.7. The molecule has 0 atom stereocenters. The fourth-order valence-electron chi connectivity index (χ4n) is 4.11. The van der Waals surface area contributed by atoms with Crippen LogP contribution in [0.2, 0.25) is 0 Å². The lowest BCUT2D eigenvalue weighted by atomic mass is 10.0. The molecule has 0 fully saturated rings. The van der Waals surface area contributed by atoms with Gasteiger partial charge in [0.25, 0.3) is 5.79 Å². The average Bonchev–Trinajstić information content (AvgIpc) is 2.73. The predicted octanol–water partition coefficient (Wildman–Crippen LogP) is 6.81. The first-order valence-electron chi connectivity index (χ1n) is 13.3. The zero-order chi connectivity index (χ0) is 23.9. The summed E-state index contributed by atoms with van der Waals surface area (Å²) in [6.45, 7) is 0. The number of carboxylic acid groups (broad SMARTS) is 2. The topological polar surface area (TPSA) is 115 Å². The van der Waals surface area contributed by atoms with Gasteiger partial charge >= 0.3 is 11.9 Å². The largest absolute Gasteiger partial charge is 0.481 e. The Morgan fingerprint density at radius 3 is 0.938 bits per heavy atom. The van der Waals surface area contributed by atoms with Gasteiger partial charge in [-0.15, -0.1) is 0 Å². The van der Waals surface area contributed by atoms with E-state index in [0.29, 0.717) is 12.8 Å². The summed E-state index contributed by atoms with van der Waals surface area (Å²) in [5, 5.41) is 35.6. The Morgan fingerprint density at radius 1 is 0.438 bits per heavy atom. The Bertz CT molecular complexity index is 450. The van der Waals surface area contributed by atoms with Crippen molar-refractivity contribution in [2.75, 3.05) is 0 Å². The van der Waals surface area contributed by atoms with Gasteiger partial charge in [-0.1, -0.05) is 122 Å². The Kier molecular flexibility index (Phi) is 20.9. The van der Waals surface area contributed by atoms with Gasteiger partial charge in [0.1, 0.15) is 0 Å². The monoisotopic (exact) mass is 458 g/mol. The van der Waals surface area contributed by atoms with Crippen LogP contribution in [0.4, 0.5) is 0 Å². The first-order chi connectivity index (χ1) is 15.4. The lowest BCUT2D eigenvalue weighted by Gasteiger charge is -2.15. The molecule has 0 amide bonds. The molecule has 0 aromatic rings. The number of carboxylic acids is 2. The first-order valence-corrected chi connectivity index (χ1v) is 13.3. The van der Waals surface area contributed by atoms with Crippen molar-refractivity contribution in [1.29, 1.82) is 0 Å². The van der Waals surface area contributed by atoms with Gasteiger partial charge in [0, 0.05) is 12.8 Å². The number of rotatable bonds is 25. The summed E-state index contributed by atoms with van der Waals surface area (Å²) in [7, 11) is 0. The molecule has 0 saturated heterocycles. The summed E-state index contributed by atoms with van der Waals surface area (Å²) in [6, 6.07) is 0. The van der Waals surface area contributed by atoms with Crippen molar-refractivity contribution >= 4 is 11.9 Å². The van der Waals surface area contributed by atoms with E-state index in [-0.39, 0.29) is 6.42 Å². The molecule has 0 aliphatic rings. The zero-order valence-corrected chi connectivity index (χ0v) is 20.4.